The Balaban J connectivity index is 2.52. The van der Waals surface area contributed by atoms with Gasteiger partial charge >= 0.3 is 0 Å². The third-order valence-electron chi connectivity index (χ3n) is 19.6. The van der Waals surface area contributed by atoms with Crippen molar-refractivity contribution >= 4 is 53.2 Å². The standard InChI is InChI=1S/C93H174N18O39/c94-109-103-16-22-124-28-34-130-40-46-136-52-58-142-64-70-148-76-73-145-67-61-139-55-49-133-43-37-127-31-25-121-19-10-85(112)97-13-4-1-7-82-91(118)100-80-89(116)107-84(9-3-6-15-99-87(114)12-21-123-27-33-129-39-45-135-51-57-141-63-69-147-75-78-150-72-66-144-60-54-138-48-42-132-36-30-126-24-18-105-111-96)93(120)102-81-90(117)108-83(92(119)101-79-88(115)106-82)8-2-5-14-98-86(113)11-20-122-26-32-128-38-44-134-50-56-140-62-68-146-74-77-149-71-65-143-59-53-137-47-41-131-35-29-125-23-17-104-110-95/h82-84H,1-81H2,(H,97,112)(H,98,113)(H,99,114)(H,100,118)(H,101,119)(H,102,120)(H,106,115)(H,107,116)(H,108,117)/t82-,83-,84-/m0/s1. The predicted molar refractivity (Wildman–Crippen MR) is 536 cm³/mol. The van der Waals surface area contributed by atoms with E-state index in [1.807, 2.05) is 0 Å². The van der Waals surface area contributed by atoms with Gasteiger partial charge in [-0.15, -0.1) is 0 Å². The number of hydrogen-bond donors (Lipinski definition) is 9. The van der Waals surface area contributed by atoms with Gasteiger partial charge in [0.1, 0.15) is 18.1 Å². The van der Waals surface area contributed by atoms with Gasteiger partial charge < -0.3 is 190 Å². The van der Waals surface area contributed by atoms with Crippen LogP contribution in [0.5, 0.6) is 0 Å². The first-order valence-corrected chi connectivity index (χ1v) is 51.8. The van der Waals surface area contributed by atoms with Crippen molar-refractivity contribution in [3.8, 4) is 0 Å². The summed E-state index contributed by atoms with van der Waals surface area (Å²) in [6.45, 7) is 22.3. The van der Waals surface area contributed by atoms with Crippen molar-refractivity contribution < 1.29 is 185 Å². The lowest BCUT2D eigenvalue weighted by molar-refractivity contribution is -0.133. The van der Waals surface area contributed by atoms with E-state index in [4.69, 9.17) is 159 Å². The summed E-state index contributed by atoms with van der Waals surface area (Å²) in [7, 11) is 0. The molecule has 150 heavy (non-hydrogen) atoms. The molecule has 9 N–H and O–H groups in total. The van der Waals surface area contributed by atoms with Gasteiger partial charge in [-0.1, -0.05) is 15.3 Å². The molecule has 1 rings (SSSR count). The van der Waals surface area contributed by atoms with Crippen LogP contribution in [0, 0.1) is 0 Å². The highest BCUT2D eigenvalue weighted by Crippen LogP contribution is 2.08. The molecule has 1 fully saturated rings. The van der Waals surface area contributed by atoms with E-state index in [0.29, 0.717) is 395 Å². The minimum Gasteiger partial charge on any atom is -0.379 e. The molecule has 57 nitrogen and oxygen atoms in total. The Labute approximate surface area is 880 Å². The monoisotopic (exact) mass is 2170 g/mol. The number of ether oxygens (including phenoxy) is 30. The first-order chi connectivity index (χ1) is 73.9. The van der Waals surface area contributed by atoms with Crippen LogP contribution in [0.1, 0.15) is 77.0 Å². The van der Waals surface area contributed by atoms with Crippen molar-refractivity contribution in [3.63, 3.8) is 0 Å². The summed E-state index contributed by atoms with van der Waals surface area (Å²) in [5, 5.41) is 34.0. The maximum atomic E-state index is 13.8. The van der Waals surface area contributed by atoms with Crippen LogP contribution in [0.15, 0.2) is 15.3 Å². The molecule has 0 saturated carbocycles. The van der Waals surface area contributed by atoms with Crippen LogP contribution in [0.2, 0.25) is 0 Å². The van der Waals surface area contributed by atoms with Gasteiger partial charge in [0.15, 0.2) is 0 Å². The topological polar surface area (TPSA) is 685 Å². The van der Waals surface area contributed by atoms with Crippen molar-refractivity contribution in [2.24, 2.45) is 15.3 Å². The van der Waals surface area contributed by atoms with E-state index in [2.05, 4.69) is 77.9 Å². The fraction of sp³-hybridized carbons (Fsp3) is 0.903. The molecule has 0 aromatic heterocycles. The van der Waals surface area contributed by atoms with Crippen LogP contribution in [0.4, 0.5) is 0 Å². The summed E-state index contributed by atoms with van der Waals surface area (Å²) in [5.74, 6) is -5.37. The van der Waals surface area contributed by atoms with E-state index >= 15 is 0 Å². The lowest BCUT2D eigenvalue weighted by Crippen LogP contribution is -2.56. The zero-order chi connectivity index (χ0) is 108. The van der Waals surface area contributed by atoms with Crippen LogP contribution in [0.25, 0.3) is 31.3 Å². The zero-order valence-electron chi connectivity index (χ0n) is 88.0. The molecular formula is C93H174N18O39. The number of hydrogen-bond acceptors (Lipinski definition) is 42. The smallest absolute Gasteiger partial charge is 0.243 e. The first-order valence-electron chi connectivity index (χ1n) is 51.8. The molecule has 1 aliphatic heterocycles. The highest BCUT2D eigenvalue weighted by Gasteiger charge is 2.28. The van der Waals surface area contributed by atoms with Gasteiger partial charge in [0, 0.05) is 73.3 Å². The SMILES string of the molecule is [N-]=[N+]=NCCOCCOCCOCCOCCOCCOCCOCCOCCOCCOCCC(=O)NCCCC[C@@H]1NC(=O)CNC(=O)[C@H](CCCCNC(=O)CCOCCOCCOCCOCCOCCOCCOCCOCCOCCOCCN=[N+]=[N-])NC(=O)CNC(=O)[C@H](CCCCNC(=O)CCOCCOCCOCCOCCOCCOCCOCCOCCOCCOCCN=[N+]=[N-])NC(=O)CNC1=O. The third-order valence-corrected chi connectivity index (χ3v) is 19.6. The van der Waals surface area contributed by atoms with Crippen LogP contribution in [-0.2, 0) is 185 Å². The fourth-order valence-corrected chi connectivity index (χ4v) is 12.0. The summed E-state index contributed by atoms with van der Waals surface area (Å²) >= 11 is 0. The molecule has 0 bridgehead atoms. The van der Waals surface area contributed by atoms with Crippen molar-refractivity contribution in [3.05, 3.63) is 31.3 Å². The van der Waals surface area contributed by atoms with E-state index in [-0.39, 0.29) is 135 Å². The van der Waals surface area contributed by atoms with E-state index in [1.54, 1.807) is 0 Å². The number of carbonyl (C=O) groups excluding carboxylic acids is 9. The Hall–Kier alpha value is -8.04. The van der Waals surface area contributed by atoms with Crippen LogP contribution in [-0.4, -0.2) is 527 Å². The molecule has 0 aromatic rings. The molecule has 0 aliphatic carbocycles. The Bertz CT molecular complexity index is 2990. The van der Waals surface area contributed by atoms with E-state index < -0.39 is 73.2 Å². The maximum absolute atomic E-state index is 13.8. The molecule has 0 unspecified atom stereocenters. The summed E-state index contributed by atoms with van der Waals surface area (Å²) in [4.78, 5) is 128. The lowest BCUT2D eigenvalue weighted by Gasteiger charge is -2.22. The zero-order valence-corrected chi connectivity index (χ0v) is 88.0. The van der Waals surface area contributed by atoms with Gasteiger partial charge in [-0.25, -0.2) is 0 Å². The number of carbonyl (C=O) groups is 9. The van der Waals surface area contributed by atoms with E-state index in [1.165, 1.54) is 0 Å². The molecule has 57 heteroatoms. The molecule has 870 valence electrons. The van der Waals surface area contributed by atoms with Crippen LogP contribution < -0.4 is 47.9 Å². The molecule has 0 spiro atoms. The number of nitrogens with one attached hydrogen (secondary N) is 9. The molecular weight excluding hydrogens is 1990 g/mol. The average Bonchev–Trinajstić information content (AvgIpc) is 0.882. The summed E-state index contributed by atoms with van der Waals surface area (Å²) in [6.07, 6.45) is 2.38. The van der Waals surface area contributed by atoms with Gasteiger partial charge in [0.25, 0.3) is 0 Å². The summed E-state index contributed by atoms with van der Waals surface area (Å²) in [5.41, 5.74) is 24.7. The molecule has 9 amide bonds. The molecule has 0 radical (unpaired) electrons. The van der Waals surface area contributed by atoms with Crippen LogP contribution >= 0.6 is 0 Å². The van der Waals surface area contributed by atoms with Gasteiger partial charge in [-0.05, 0) is 74.4 Å². The second-order valence-corrected chi connectivity index (χ2v) is 31.5. The highest BCUT2D eigenvalue weighted by molar-refractivity contribution is 5.96. The van der Waals surface area contributed by atoms with Crippen molar-refractivity contribution in [1.82, 2.24) is 47.9 Å². The lowest BCUT2D eigenvalue weighted by atomic mass is 10.1. The second-order valence-electron chi connectivity index (χ2n) is 31.5. The molecule has 0 aromatic carbocycles. The quantitative estimate of drug-likeness (QED) is 0.0157. The van der Waals surface area contributed by atoms with Crippen molar-refractivity contribution in [2.75, 3.05) is 455 Å². The number of nitrogens with zero attached hydrogens (tertiary/aromatic N) is 9. The Kier molecular flexibility index (Phi) is 109. The Morgan fingerprint density at radius 2 is 0.347 bits per heavy atom. The summed E-state index contributed by atoms with van der Waals surface area (Å²) in [6, 6.07) is -3.68. The fourth-order valence-electron chi connectivity index (χ4n) is 12.0. The molecule has 1 heterocycles. The predicted octanol–water partition coefficient (Wildman–Crippen LogP) is -0.738. The molecule has 1 saturated heterocycles. The Morgan fingerprint density at radius 1 is 0.213 bits per heavy atom. The van der Waals surface area contributed by atoms with Crippen LogP contribution in [0.3, 0.4) is 0 Å². The summed E-state index contributed by atoms with van der Waals surface area (Å²) < 4.78 is 164. The number of unbranched alkanes of at least 4 members (excludes halogenated alkanes) is 3. The van der Waals surface area contributed by atoms with Gasteiger partial charge in [-0.2, -0.15) is 0 Å². The molecule has 1 aliphatic rings. The largest absolute Gasteiger partial charge is 0.379 e. The van der Waals surface area contributed by atoms with Gasteiger partial charge in [-0.3, -0.25) is 43.2 Å². The minimum atomic E-state index is -1.23. The van der Waals surface area contributed by atoms with Gasteiger partial charge in [0.2, 0.25) is 53.2 Å². The number of azide groups is 3. The number of amides is 9. The second kappa shape index (κ2) is 116. The molecule has 3 atom stereocenters. The Morgan fingerprint density at radius 3 is 0.487 bits per heavy atom. The van der Waals surface area contributed by atoms with E-state index in [9.17, 15) is 43.2 Å². The normalized spacial score (nSPS) is 14.3. The minimum absolute atomic E-state index is 0.0429. The average molecular weight is 2170 g/mol. The van der Waals surface area contributed by atoms with Crippen molar-refractivity contribution in [2.45, 2.75) is 95.2 Å². The highest BCUT2D eigenvalue weighted by atomic mass is 16.6. The van der Waals surface area contributed by atoms with Gasteiger partial charge in [0.05, 0.1) is 416 Å². The first kappa shape index (κ1) is 140. The maximum Gasteiger partial charge on any atom is 0.243 e. The van der Waals surface area contributed by atoms with Crippen molar-refractivity contribution in [1.29, 1.82) is 0 Å². The number of rotatable bonds is 114. The van der Waals surface area contributed by atoms with E-state index in [0.717, 1.165) is 0 Å². The third kappa shape index (κ3) is 106.